The summed E-state index contributed by atoms with van der Waals surface area (Å²) in [5, 5.41) is 0. The first-order chi connectivity index (χ1) is 12.1. The van der Waals surface area contributed by atoms with Gasteiger partial charge in [0.15, 0.2) is 0 Å². The Kier molecular flexibility index (Phi) is 7.26. The summed E-state index contributed by atoms with van der Waals surface area (Å²) in [5.74, 6) is 0.173. The number of methoxy groups -OCH3 is 1. The molecule has 1 fully saturated rings. The maximum Gasteiger partial charge on any atom is 0.333 e. The third kappa shape index (κ3) is 6.45. The van der Waals surface area contributed by atoms with Crippen molar-refractivity contribution < 1.29 is 23.8 Å². The first kappa shape index (κ1) is 18.8. The Labute approximate surface area is 148 Å². The minimum Gasteiger partial charge on any atom is -0.494 e. The van der Waals surface area contributed by atoms with E-state index in [2.05, 4.69) is 11.3 Å². The van der Waals surface area contributed by atoms with Crippen molar-refractivity contribution >= 4 is 18.0 Å². The summed E-state index contributed by atoms with van der Waals surface area (Å²) in [6.07, 6.45) is 7.61. The molecular weight excluding hydrogens is 320 g/mol. The molecule has 1 saturated heterocycles. The van der Waals surface area contributed by atoms with Gasteiger partial charge >= 0.3 is 11.9 Å². The summed E-state index contributed by atoms with van der Waals surface area (Å²) < 4.78 is 15.4. The third-order valence-electron chi connectivity index (χ3n) is 3.97. The fourth-order valence-electron chi connectivity index (χ4n) is 2.54. The Bertz CT molecular complexity index is 614. The van der Waals surface area contributed by atoms with Crippen LogP contribution in [0.2, 0.25) is 0 Å². The summed E-state index contributed by atoms with van der Waals surface area (Å²) in [6, 6.07) is 7.52. The zero-order chi connectivity index (χ0) is 18.1. The normalized spacial score (nSPS) is 16.9. The SMILES string of the molecule is C=C1CC(CCCCCOc2ccc(/C=C/C(=O)OC)cc2)OC1=O. The van der Waals surface area contributed by atoms with Crippen LogP contribution in [0.15, 0.2) is 42.5 Å². The number of esters is 2. The molecule has 1 aliphatic heterocycles. The molecule has 0 saturated carbocycles. The molecule has 0 amide bonds. The standard InChI is InChI=1S/C20H24O5/c1-15-14-18(25-20(15)22)6-4-3-5-13-24-17-10-7-16(8-11-17)9-12-19(21)23-2/h7-12,18H,1,3-6,13-14H2,2H3/b12-9+. The quantitative estimate of drug-likeness (QED) is 0.388. The van der Waals surface area contributed by atoms with Crippen LogP contribution in [0.4, 0.5) is 0 Å². The highest BCUT2D eigenvalue weighted by molar-refractivity contribution is 5.89. The Morgan fingerprint density at radius 3 is 2.68 bits per heavy atom. The van der Waals surface area contributed by atoms with Gasteiger partial charge in [-0.1, -0.05) is 18.7 Å². The van der Waals surface area contributed by atoms with Gasteiger partial charge in [-0.2, -0.15) is 0 Å². The fraction of sp³-hybridized carbons (Fsp3) is 0.400. The zero-order valence-corrected chi connectivity index (χ0v) is 14.5. The summed E-state index contributed by atoms with van der Waals surface area (Å²) in [7, 11) is 1.35. The number of carbonyl (C=O) groups is 2. The van der Waals surface area contributed by atoms with Crippen molar-refractivity contribution in [3.63, 3.8) is 0 Å². The van der Waals surface area contributed by atoms with Crippen LogP contribution in [0, 0.1) is 0 Å². The Balaban J connectivity index is 1.59. The van der Waals surface area contributed by atoms with Gasteiger partial charge in [-0.3, -0.25) is 0 Å². The summed E-state index contributed by atoms with van der Waals surface area (Å²) in [5.41, 5.74) is 1.49. The highest BCUT2D eigenvalue weighted by Crippen LogP contribution is 2.23. The van der Waals surface area contributed by atoms with E-state index in [1.807, 2.05) is 24.3 Å². The van der Waals surface area contributed by atoms with E-state index in [4.69, 9.17) is 9.47 Å². The summed E-state index contributed by atoms with van der Waals surface area (Å²) in [6.45, 7) is 4.33. The van der Waals surface area contributed by atoms with Gasteiger partial charge in [0.2, 0.25) is 0 Å². The molecule has 5 nitrogen and oxygen atoms in total. The van der Waals surface area contributed by atoms with E-state index in [1.54, 1.807) is 6.08 Å². The second-order valence-electron chi connectivity index (χ2n) is 5.96. The van der Waals surface area contributed by atoms with Crippen LogP contribution in [-0.2, 0) is 19.1 Å². The average molecular weight is 344 g/mol. The maximum atomic E-state index is 11.2. The van der Waals surface area contributed by atoms with Gasteiger partial charge in [0.1, 0.15) is 11.9 Å². The molecule has 0 spiro atoms. The average Bonchev–Trinajstić information content (AvgIpc) is 2.94. The van der Waals surface area contributed by atoms with Gasteiger partial charge in [-0.15, -0.1) is 0 Å². The predicted molar refractivity (Wildman–Crippen MR) is 95.1 cm³/mol. The molecule has 134 valence electrons. The lowest BCUT2D eigenvalue weighted by molar-refractivity contribution is -0.139. The van der Waals surface area contributed by atoms with Crippen molar-refractivity contribution in [2.75, 3.05) is 13.7 Å². The lowest BCUT2D eigenvalue weighted by Crippen LogP contribution is -2.06. The molecule has 0 aliphatic carbocycles. The molecule has 2 rings (SSSR count). The van der Waals surface area contributed by atoms with Crippen molar-refractivity contribution in [3.05, 3.63) is 48.1 Å². The van der Waals surface area contributed by atoms with E-state index in [9.17, 15) is 9.59 Å². The number of unbranched alkanes of at least 4 members (excludes halogenated alkanes) is 2. The number of hydrogen-bond donors (Lipinski definition) is 0. The molecule has 0 bridgehead atoms. The lowest BCUT2D eigenvalue weighted by Gasteiger charge is -2.09. The maximum absolute atomic E-state index is 11.2. The van der Waals surface area contributed by atoms with Crippen molar-refractivity contribution in [3.8, 4) is 5.75 Å². The van der Waals surface area contributed by atoms with Gasteiger partial charge in [0.25, 0.3) is 0 Å². The van der Waals surface area contributed by atoms with E-state index >= 15 is 0 Å². The van der Waals surface area contributed by atoms with Gasteiger partial charge in [0, 0.05) is 18.1 Å². The molecule has 1 unspecified atom stereocenters. The van der Waals surface area contributed by atoms with E-state index in [-0.39, 0.29) is 18.0 Å². The van der Waals surface area contributed by atoms with Gasteiger partial charge in [0.05, 0.1) is 13.7 Å². The Hall–Kier alpha value is -2.56. The smallest absolute Gasteiger partial charge is 0.333 e. The molecule has 1 aromatic carbocycles. The minimum absolute atomic E-state index is 0.00603. The number of rotatable bonds is 9. The highest BCUT2D eigenvalue weighted by atomic mass is 16.5. The van der Waals surface area contributed by atoms with Crippen LogP contribution in [0.3, 0.4) is 0 Å². The third-order valence-corrected chi connectivity index (χ3v) is 3.97. The van der Waals surface area contributed by atoms with E-state index in [0.717, 1.165) is 37.0 Å². The molecule has 0 radical (unpaired) electrons. The van der Waals surface area contributed by atoms with Crippen LogP contribution in [0.1, 0.15) is 37.7 Å². The molecule has 25 heavy (non-hydrogen) atoms. The highest BCUT2D eigenvalue weighted by Gasteiger charge is 2.26. The molecule has 1 aromatic rings. The number of hydrogen-bond acceptors (Lipinski definition) is 5. The second kappa shape index (κ2) is 9.67. The van der Waals surface area contributed by atoms with Crippen molar-refractivity contribution in [2.45, 2.75) is 38.2 Å². The number of carbonyl (C=O) groups excluding carboxylic acids is 2. The van der Waals surface area contributed by atoms with Crippen LogP contribution >= 0.6 is 0 Å². The lowest BCUT2D eigenvalue weighted by atomic mass is 10.1. The monoisotopic (exact) mass is 344 g/mol. The molecule has 1 heterocycles. The number of cyclic esters (lactones) is 1. The fourth-order valence-corrected chi connectivity index (χ4v) is 2.54. The summed E-state index contributed by atoms with van der Waals surface area (Å²) in [4.78, 5) is 22.3. The zero-order valence-electron chi connectivity index (χ0n) is 14.5. The van der Waals surface area contributed by atoms with Crippen LogP contribution in [0.5, 0.6) is 5.75 Å². The van der Waals surface area contributed by atoms with Crippen LogP contribution < -0.4 is 4.74 Å². The molecule has 0 aromatic heterocycles. The number of benzene rings is 1. The van der Waals surface area contributed by atoms with Crippen LogP contribution in [0.25, 0.3) is 6.08 Å². The molecule has 1 atom stereocenters. The van der Waals surface area contributed by atoms with Crippen LogP contribution in [-0.4, -0.2) is 31.8 Å². The van der Waals surface area contributed by atoms with E-state index in [0.29, 0.717) is 18.6 Å². The van der Waals surface area contributed by atoms with E-state index < -0.39 is 0 Å². The number of ether oxygens (including phenoxy) is 3. The molecule has 0 N–H and O–H groups in total. The van der Waals surface area contributed by atoms with Crippen molar-refractivity contribution in [1.29, 1.82) is 0 Å². The Morgan fingerprint density at radius 1 is 1.28 bits per heavy atom. The first-order valence-electron chi connectivity index (χ1n) is 8.46. The Morgan fingerprint density at radius 2 is 2.04 bits per heavy atom. The molecule has 1 aliphatic rings. The predicted octanol–water partition coefficient (Wildman–Crippen LogP) is 3.68. The van der Waals surface area contributed by atoms with Gasteiger partial charge in [-0.25, -0.2) is 9.59 Å². The van der Waals surface area contributed by atoms with Crippen molar-refractivity contribution in [2.24, 2.45) is 0 Å². The summed E-state index contributed by atoms with van der Waals surface area (Å²) >= 11 is 0. The van der Waals surface area contributed by atoms with E-state index in [1.165, 1.54) is 13.2 Å². The second-order valence-corrected chi connectivity index (χ2v) is 5.96. The van der Waals surface area contributed by atoms with Gasteiger partial charge in [-0.05, 0) is 49.5 Å². The first-order valence-corrected chi connectivity index (χ1v) is 8.46. The molecular formula is C20H24O5. The topological polar surface area (TPSA) is 61.8 Å². The van der Waals surface area contributed by atoms with Gasteiger partial charge < -0.3 is 14.2 Å². The minimum atomic E-state index is -0.378. The van der Waals surface area contributed by atoms with Crippen molar-refractivity contribution in [1.82, 2.24) is 0 Å². The largest absolute Gasteiger partial charge is 0.494 e. The molecule has 5 heteroatoms.